The molecule has 0 aliphatic heterocycles. The topological polar surface area (TPSA) is 87.1 Å². The van der Waals surface area contributed by atoms with Gasteiger partial charge in [-0.05, 0) is 38.5 Å². The smallest absolute Gasteiger partial charge is 0.269 e. The molecular formula is C13H11BrN4O3. The fraction of sp³-hybridized carbons (Fsp3) is 0.154. The number of fused-ring (bicyclic) bond motifs is 1. The van der Waals surface area contributed by atoms with Gasteiger partial charge in [-0.2, -0.15) is 0 Å². The number of hydrogen-bond acceptors (Lipinski definition) is 6. The van der Waals surface area contributed by atoms with Crippen molar-refractivity contribution in [2.45, 2.75) is 6.54 Å². The van der Waals surface area contributed by atoms with E-state index in [1.54, 1.807) is 13.3 Å². The maximum Gasteiger partial charge on any atom is 0.269 e. The molecule has 0 aliphatic rings. The summed E-state index contributed by atoms with van der Waals surface area (Å²) in [6, 6.07) is 7.60. The van der Waals surface area contributed by atoms with E-state index in [4.69, 9.17) is 4.74 Å². The van der Waals surface area contributed by atoms with Gasteiger partial charge < -0.3 is 15.3 Å². The first kappa shape index (κ1) is 13.6. The zero-order chi connectivity index (χ0) is 14.8. The van der Waals surface area contributed by atoms with E-state index in [2.05, 4.69) is 36.0 Å². The molecule has 0 fully saturated rings. The molecule has 0 saturated heterocycles. The molecule has 0 saturated carbocycles. The summed E-state index contributed by atoms with van der Waals surface area (Å²) in [5, 5.41) is 18.4. The summed E-state index contributed by atoms with van der Waals surface area (Å²) >= 11 is 3.28. The number of halogens is 1. The first-order chi connectivity index (χ1) is 10.2. The Morgan fingerprint density at radius 1 is 1.38 bits per heavy atom. The number of benzene rings is 1. The second-order valence-electron chi connectivity index (χ2n) is 4.28. The minimum absolute atomic E-state index is 0.262. The predicted molar refractivity (Wildman–Crippen MR) is 78.8 cm³/mol. The molecule has 0 radical (unpaired) electrons. The summed E-state index contributed by atoms with van der Waals surface area (Å²) in [5.41, 5.74) is 1.72. The molecule has 2 heterocycles. The van der Waals surface area contributed by atoms with Crippen molar-refractivity contribution in [3.05, 3.63) is 45.7 Å². The van der Waals surface area contributed by atoms with E-state index in [9.17, 15) is 5.21 Å². The van der Waals surface area contributed by atoms with Crippen molar-refractivity contribution in [2.75, 3.05) is 12.4 Å². The van der Waals surface area contributed by atoms with Crippen LogP contribution in [0.2, 0.25) is 0 Å². The van der Waals surface area contributed by atoms with Gasteiger partial charge in [-0.3, -0.25) is 4.63 Å². The van der Waals surface area contributed by atoms with E-state index in [-0.39, 0.29) is 5.52 Å². The molecule has 3 aromatic rings. The predicted octanol–water partition coefficient (Wildman–Crippen LogP) is 2.24. The number of pyridine rings is 1. The van der Waals surface area contributed by atoms with Gasteiger partial charge in [0.1, 0.15) is 5.75 Å². The first-order valence-electron chi connectivity index (χ1n) is 6.10. The van der Waals surface area contributed by atoms with Crippen molar-refractivity contribution in [3.63, 3.8) is 0 Å². The summed E-state index contributed by atoms with van der Waals surface area (Å²) in [4.78, 5) is 4.52. The lowest BCUT2D eigenvalue weighted by molar-refractivity contribution is -0.782. The fourth-order valence-electron chi connectivity index (χ4n) is 1.91. The second kappa shape index (κ2) is 5.57. The lowest BCUT2D eigenvalue weighted by atomic mass is 10.2. The van der Waals surface area contributed by atoms with E-state index in [1.807, 2.05) is 24.3 Å². The number of ether oxygens (including phenoxy) is 1. The van der Waals surface area contributed by atoms with E-state index >= 15 is 0 Å². The zero-order valence-electron chi connectivity index (χ0n) is 11.0. The van der Waals surface area contributed by atoms with Crippen LogP contribution in [0.3, 0.4) is 0 Å². The van der Waals surface area contributed by atoms with Crippen LogP contribution in [0.25, 0.3) is 11.0 Å². The normalized spacial score (nSPS) is 10.8. The van der Waals surface area contributed by atoms with Crippen molar-refractivity contribution >= 4 is 32.8 Å². The average molecular weight is 351 g/mol. The molecule has 7 nitrogen and oxygen atoms in total. The van der Waals surface area contributed by atoms with E-state index in [0.717, 1.165) is 11.3 Å². The molecule has 8 heteroatoms. The number of nitrogens with zero attached hydrogens (tertiary/aromatic N) is 3. The van der Waals surface area contributed by atoms with Crippen LogP contribution in [0, 0.1) is 5.21 Å². The van der Waals surface area contributed by atoms with Gasteiger partial charge in [0.15, 0.2) is 5.82 Å². The lowest BCUT2D eigenvalue weighted by Crippen LogP contribution is -2.24. The minimum atomic E-state index is 0.262. The van der Waals surface area contributed by atoms with Crippen molar-refractivity contribution in [2.24, 2.45) is 0 Å². The maximum atomic E-state index is 11.6. The van der Waals surface area contributed by atoms with Crippen molar-refractivity contribution in [1.29, 1.82) is 0 Å². The first-order valence-corrected chi connectivity index (χ1v) is 6.89. The number of hydrogen-bond donors (Lipinski definition) is 1. The van der Waals surface area contributed by atoms with E-state index in [1.165, 1.54) is 0 Å². The third kappa shape index (κ3) is 2.62. The SMILES string of the molecule is COc1ccc(CNc2ncc(Br)c3no[n+]([O-])c23)cc1. The van der Waals surface area contributed by atoms with Crippen LogP contribution in [0.15, 0.2) is 39.6 Å². The molecule has 0 amide bonds. The molecular weight excluding hydrogens is 340 g/mol. The summed E-state index contributed by atoms with van der Waals surface area (Å²) in [5.74, 6) is 1.21. The Bertz CT molecular complexity index is 773. The highest BCUT2D eigenvalue weighted by atomic mass is 79.9. The van der Waals surface area contributed by atoms with Crippen molar-refractivity contribution in [3.8, 4) is 5.75 Å². The van der Waals surface area contributed by atoms with Gasteiger partial charge >= 0.3 is 0 Å². The average Bonchev–Trinajstić information content (AvgIpc) is 2.90. The number of aromatic nitrogens is 3. The molecule has 2 aromatic heterocycles. The summed E-state index contributed by atoms with van der Waals surface area (Å²) in [6.45, 7) is 0.513. The Hall–Kier alpha value is -2.35. The molecule has 0 unspecified atom stereocenters. The fourth-order valence-corrected chi connectivity index (χ4v) is 2.27. The summed E-state index contributed by atoms with van der Waals surface area (Å²) < 4.78 is 10.3. The lowest BCUT2D eigenvalue weighted by Gasteiger charge is -2.06. The van der Waals surface area contributed by atoms with Crippen LogP contribution < -0.4 is 15.0 Å². The summed E-state index contributed by atoms with van der Waals surface area (Å²) in [6.07, 6.45) is 1.57. The Morgan fingerprint density at radius 2 is 2.14 bits per heavy atom. The van der Waals surface area contributed by atoms with Gasteiger partial charge in [-0.15, -0.1) is 0 Å². The summed E-state index contributed by atoms with van der Waals surface area (Å²) in [7, 11) is 1.62. The highest BCUT2D eigenvalue weighted by Crippen LogP contribution is 2.24. The highest BCUT2D eigenvalue weighted by molar-refractivity contribution is 9.10. The Morgan fingerprint density at radius 3 is 2.86 bits per heavy atom. The standard InChI is InChI=1S/C13H11BrN4O3/c1-20-9-4-2-8(3-5-9)6-15-13-12-11(10(14)7-16-13)17-21-18(12)19/h2-5,7H,6H2,1H3,(H,15,16). The Balaban J connectivity index is 1.84. The maximum absolute atomic E-state index is 11.6. The molecule has 21 heavy (non-hydrogen) atoms. The van der Waals surface area contributed by atoms with Crippen LogP contribution >= 0.6 is 15.9 Å². The number of methoxy groups -OCH3 is 1. The van der Waals surface area contributed by atoms with Gasteiger partial charge in [-0.1, -0.05) is 12.1 Å². The van der Waals surface area contributed by atoms with Crippen LogP contribution in [-0.4, -0.2) is 17.3 Å². The molecule has 1 N–H and O–H groups in total. The van der Waals surface area contributed by atoms with Crippen molar-refractivity contribution < 1.29 is 14.3 Å². The van der Waals surface area contributed by atoms with Gasteiger partial charge in [0.05, 0.1) is 11.6 Å². The van der Waals surface area contributed by atoms with E-state index < -0.39 is 0 Å². The molecule has 0 atom stereocenters. The molecule has 0 bridgehead atoms. The van der Waals surface area contributed by atoms with Gasteiger partial charge in [0.25, 0.3) is 11.0 Å². The zero-order valence-corrected chi connectivity index (χ0v) is 12.6. The third-order valence-electron chi connectivity index (χ3n) is 2.99. The molecule has 0 aliphatic carbocycles. The molecule has 0 spiro atoms. The van der Waals surface area contributed by atoms with Crippen LogP contribution in [-0.2, 0) is 6.54 Å². The van der Waals surface area contributed by atoms with Crippen LogP contribution in [0.1, 0.15) is 5.56 Å². The quantitative estimate of drug-likeness (QED) is 0.726. The van der Waals surface area contributed by atoms with Crippen LogP contribution in [0.4, 0.5) is 5.82 Å². The van der Waals surface area contributed by atoms with Gasteiger partial charge in [0.2, 0.25) is 0 Å². The molecule has 108 valence electrons. The molecule has 3 rings (SSSR count). The number of rotatable bonds is 4. The van der Waals surface area contributed by atoms with Gasteiger partial charge in [-0.25, -0.2) is 4.98 Å². The minimum Gasteiger partial charge on any atom is -0.497 e. The Labute approximate surface area is 128 Å². The van der Waals surface area contributed by atoms with Crippen LogP contribution in [0.5, 0.6) is 5.75 Å². The Kier molecular flexibility index (Phi) is 3.61. The number of nitrogens with one attached hydrogen (secondary N) is 1. The largest absolute Gasteiger partial charge is 0.497 e. The molecule has 1 aromatic carbocycles. The monoisotopic (exact) mass is 350 g/mol. The third-order valence-corrected chi connectivity index (χ3v) is 3.57. The highest BCUT2D eigenvalue weighted by Gasteiger charge is 2.19. The second-order valence-corrected chi connectivity index (χ2v) is 5.14. The van der Waals surface area contributed by atoms with Crippen molar-refractivity contribution in [1.82, 2.24) is 10.1 Å². The number of anilines is 1. The van der Waals surface area contributed by atoms with Gasteiger partial charge in [0, 0.05) is 17.9 Å². The van der Waals surface area contributed by atoms with E-state index in [0.29, 0.717) is 27.3 Å².